The summed E-state index contributed by atoms with van der Waals surface area (Å²) in [6, 6.07) is -0.198. The van der Waals surface area contributed by atoms with Gasteiger partial charge in [-0.1, -0.05) is 0 Å². The second kappa shape index (κ2) is 12.0. The van der Waals surface area contributed by atoms with E-state index in [4.69, 9.17) is 10.5 Å². The zero-order valence-corrected chi connectivity index (χ0v) is 18.8. The van der Waals surface area contributed by atoms with Gasteiger partial charge in [-0.15, -0.1) is 0 Å². The van der Waals surface area contributed by atoms with E-state index in [1.807, 2.05) is 44.4 Å². The fourth-order valence-corrected chi connectivity index (χ4v) is 3.29. The SMILES string of the molecule is C[C@@H](N)CC(=O)N1CCCC1.C[C@H](CC(=O)N1CCCC1)NC(=O)OC(C)(C)C. The van der Waals surface area contributed by atoms with Gasteiger partial charge >= 0.3 is 6.09 Å². The molecule has 0 saturated carbocycles. The van der Waals surface area contributed by atoms with Gasteiger partial charge in [-0.05, 0) is 60.3 Å². The summed E-state index contributed by atoms with van der Waals surface area (Å²) in [7, 11) is 0. The molecule has 0 radical (unpaired) electrons. The van der Waals surface area contributed by atoms with Gasteiger partial charge in [-0.2, -0.15) is 0 Å². The molecule has 8 heteroatoms. The zero-order chi connectivity index (χ0) is 22.0. The maximum atomic E-state index is 11.9. The second-order valence-electron chi connectivity index (χ2n) is 9.11. The van der Waals surface area contributed by atoms with E-state index in [9.17, 15) is 14.4 Å². The van der Waals surface area contributed by atoms with Crippen LogP contribution in [0, 0.1) is 0 Å². The maximum absolute atomic E-state index is 11.9. The zero-order valence-electron chi connectivity index (χ0n) is 18.8. The van der Waals surface area contributed by atoms with E-state index in [-0.39, 0.29) is 23.9 Å². The number of hydrogen-bond donors (Lipinski definition) is 2. The Labute approximate surface area is 175 Å². The highest BCUT2D eigenvalue weighted by molar-refractivity contribution is 5.78. The molecule has 3 amide bonds. The van der Waals surface area contributed by atoms with E-state index < -0.39 is 11.7 Å². The average Bonchev–Trinajstić information content (AvgIpc) is 3.27. The van der Waals surface area contributed by atoms with Gasteiger partial charge in [-0.3, -0.25) is 9.59 Å². The third-order valence-corrected chi connectivity index (χ3v) is 4.66. The van der Waals surface area contributed by atoms with E-state index in [1.54, 1.807) is 0 Å². The summed E-state index contributed by atoms with van der Waals surface area (Å²) in [6.07, 6.45) is 4.85. The quantitative estimate of drug-likeness (QED) is 0.721. The highest BCUT2D eigenvalue weighted by Crippen LogP contribution is 2.11. The van der Waals surface area contributed by atoms with Crippen molar-refractivity contribution in [3.8, 4) is 0 Å². The third-order valence-electron chi connectivity index (χ3n) is 4.66. The fraction of sp³-hybridized carbons (Fsp3) is 0.857. The maximum Gasteiger partial charge on any atom is 0.407 e. The van der Waals surface area contributed by atoms with Crippen LogP contribution in [0.5, 0.6) is 0 Å². The van der Waals surface area contributed by atoms with Crippen LogP contribution in [0.15, 0.2) is 0 Å². The van der Waals surface area contributed by atoms with Gasteiger partial charge in [0.05, 0.1) is 0 Å². The van der Waals surface area contributed by atoms with Crippen LogP contribution in [-0.2, 0) is 14.3 Å². The van der Waals surface area contributed by atoms with E-state index >= 15 is 0 Å². The molecule has 2 aliphatic rings. The summed E-state index contributed by atoms with van der Waals surface area (Å²) in [5.41, 5.74) is 5.00. The number of rotatable bonds is 5. The minimum Gasteiger partial charge on any atom is -0.444 e. The number of nitrogens with zero attached hydrogens (tertiary/aromatic N) is 2. The molecule has 0 bridgehead atoms. The molecule has 2 atom stereocenters. The van der Waals surface area contributed by atoms with Gasteiger partial charge in [0.15, 0.2) is 0 Å². The molecule has 2 rings (SSSR count). The lowest BCUT2D eigenvalue weighted by Gasteiger charge is -2.23. The summed E-state index contributed by atoms with van der Waals surface area (Å²) in [6.45, 7) is 12.7. The Bertz CT molecular complexity index is 533. The molecule has 2 fully saturated rings. The molecule has 2 saturated heterocycles. The minimum absolute atomic E-state index is 0.00287. The van der Waals surface area contributed by atoms with E-state index in [1.165, 1.54) is 0 Å². The van der Waals surface area contributed by atoms with Crippen LogP contribution in [0.25, 0.3) is 0 Å². The first-order valence-corrected chi connectivity index (χ1v) is 10.8. The van der Waals surface area contributed by atoms with Gasteiger partial charge in [0.25, 0.3) is 0 Å². The molecule has 0 aliphatic carbocycles. The molecule has 0 aromatic carbocycles. The molecule has 2 aliphatic heterocycles. The number of alkyl carbamates (subject to hydrolysis) is 1. The first kappa shape index (κ1) is 25.2. The van der Waals surface area contributed by atoms with Gasteiger partial charge in [0.2, 0.25) is 11.8 Å². The summed E-state index contributed by atoms with van der Waals surface area (Å²) in [4.78, 5) is 38.4. The van der Waals surface area contributed by atoms with Gasteiger partial charge in [0, 0.05) is 51.1 Å². The average molecular weight is 413 g/mol. The van der Waals surface area contributed by atoms with Crippen molar-refractivity contribution < 1.29 is 19.1 Å². The van der Waals surface area contributed by atoms with E-state index in [2.05, 4.69) is 5.32 Å². The molecule has 3 N–H and O–H groups in total. The van der Waals surface area contributed by atoms with Crippen molar-refractivity contribution in [2.75, 3.05) is 26.2 Å². The van der Waals surface area contributed by atoms with Crippen molar-refractivity contribution in [3.05, 3.63) is 0 Å². The van der Waals surface area contributed by atoms with Crippen molar-refractivity contribution in [1.29, 1.82) is 0 Å². The Hall–Kier alpha value is -1.83. The summed E-state index contributed by atoms with van der Waals surface area (Å²) < 4.78 is 5.14. The Balaban J connectivity index is 0.000000326. The molecular weight excluding hydrogens is 372 g/mol. The van der Waals surface area contributed by atoms with Gasteiger partial charge in [-0.25, -0.2) is 4.79 Å². The van der Waals surface area contributed by atoms with E-state index in [0.717, 1.165) is 51.9 Å². The number of carbonyl (C=O) groups excluding carboxylic acids is 3. The summed E-state index contributed by atoms with van der Waals surface area (Å²) in [5.74, 6) is 0.327. The fourth-order valence-electron chi connectivity index (χ4n) is 3.29. The summed E-state index contributed by atoms with van der Waals surface area (Å²) in [5, 5.41) is 2.68. The Kier molecular flexibility index (Phi) is 10.4. The minimum atomic E-state index is -0.511. The Morgan fingerprint density at radius 3 is 1.69 bits per heavy atom. The highest BCUT2D eigenvalue weighted by atomic mass is 16.6. The molecule has 168 valence electrons. The van der Waals surface area contributed by atoms with Crippen LogP contribution in [-0.4, -0.2) is 71.6 Å². The topological polar surface area (TPSA) is 105 Å². The normalized spacial score (nSPS) is 18.6. The molecule has 2 heterocycles. The third kappa shape index (κ3) is 11.1. The van der Waals surface area contributed by atoms with Crippen molar-refractivity contribution in [2.24, 2.45) is 5.73 Å². The van der Waals surface area contributed by atoms with Crippen LogP contribution in [0.1, 0.15) is 73.1 Å². The van der Waals surface area contributed by atoms with E-state index in [0.29, 0.717) is 12.8 Å². The van der Waals surface area contributed by atoms with Crippen molar-refractivity contribution in [3.63, 3.8) is 0 Å². The van der Waals surface area contributed by atoms with Crippen LogP contribution < -0.4 is 11.1 Å². The van der Waals surface area contributed by atoms with Crippen molar-refractivity contribution in [1.82, 2.24) is 15.1 Å². The van der Waals surface area contributed by atoms with Crippen LogP contribution in [0.2, 0.25) is 0 Å². The molecule has 0 spiro atoms. The number of likely N-dealkylation sites (tertiary alicyclic amines) is 2. The lowest BCUT2D eigenvalue weighted by Crippen LogP contribution is -2.40. The Morgan fingerprint density at radius 2 is 1.31 bits per heavy atom. The summed E-state index contributed by atoms with van der Waals surface area (Å²) >= 11 is 0. The van der Waals surface area contributed by atoms with Crippen molar-refractivity contribution in [2.45, 2.75) is 90.8 Å². The van der Waals surface area contributed by atoms with Gasteiger partial charge < -0.3 is 25.6 Å². The highest BCUT2D eigenvalue weighted by Gasteiger charge is 2.22. The number of nitrogens with one attached hydrogen (secondary N) is 1. The van der Waals surface area contributed by atoms with Crippen LogP contribution >= 0.6 is 0 Å². The second-order valence-corrected chi connectivity index (χ2v) is 9.11. The van der Waals surface area contributed by atoms with Gasteiger partial charge in [0.1, 0.15) is 5.60 Å². The first-order valence-electron chi connectivity index (χ1n) is 10.8. The van der Waals surface area contributed by atoms with Crippen LogP contribution in [0.3, 0.4) is 0 Å². The van der Waals surface area contributed by atoms with Crippen LogP contribution in [0.4, 0.5) is 4.79 Å². The predicted molar refractivity (Wildman–Crippen MR) is 113 cm³/mol. The smallest absolute Gasteiger partial charge is 0.407 e. The predicted octanol–water partition coefficient (Wildman–Crippen LogP) is 2.26. The largest absolute Gasteiger partial charge is 0.444 e. The number of carbonyl (C=O) groups is 3. The lowest BCUT2D eigenvalue weighted by molar-refractivity contribution is -0.131. The van der Waals surface area contributed by atoms with Crippen molar-refractivity contribution >= 4 is 17.9 Å². The molecule has 29 heavy (non-hydrogen) atoms. The number of ether oxygens (including phenoxy) is 1. The molecule has 8 nitrogen and oxygen atoms in total. The monoisotopic (exact) mass is 412 g/mol. The number of nitrogens with two attached hydrogens (primary N) is 1. The first-order chi connectivity index (χ1) is 13.5. The number of hydrogen-bond acceptors (Lipinski definition) is 5. The molecule has 0 aromatic heterocycles. The Morgan fingerprint density at radius 1 is 0.897 bits per heavy atom. The molecule has 0 unspecified atom stereocenters. The standard InChI is InChI=1S/C13H24N2O3.C8H16N2O/c1-10(14-12(17)18-13(2,3)4)9-11(16)15-7-5-6-8-15;1-7(9)6-8(11)10-4-2-3-5-10/h10H,5-9H2,1-4H3,(H,14,17);7H,2-6,9H2,1H3/t10-;7-/m11/s1. The number of amides is 3. The molecule has 0 aromatic rings. The lowest BCUT2D eigenvalue weighted by atomic mass is 10.2. The molecular formula is C21H40N4O4.